The number of hydrogen-bond donors (Lipinski definition) is 1. The average Bonchev–Trinajstić information content (AvgIpc) is 2.66. The van der Waals surface area contributed by atoms with Gasteiger partial charge in [-0.3, -0.25) is 0 Å². The normalized spacial score (nSPS) is 54.4. The lowest BCUT2D eigenvalue weighted by molar-refractivity contribution is -0.369. The van der Waals surface area contributed by atoms with Crippen LogP contribution in [-0.2, 0) is 0 Å². The molecule has 0 aliphatic heterocycles. The van der Waals surface area contributed by atoms with Gasteiger partial charge >= 0.3 is 0 Å². The van der Waals surface area contributed by atoms with Gasteiger partial charge in [-0.05, 0) is 83.9 Å². The van der Waals surface area contributed by atoms with E-state index in [0.717, 1.165) is 12.8 Å². The summed E-state index contributed by atoms with van der Waals surface area (Å²) in [6.07, 6.45) is 14.4. The molecule has 1 N–H and O–H groups in total. The Morgan fingerprint density at radius 2 is 1.19 bits per heavy atom. The number of aliphatic hydroxyl groups is 1. The predicted octanol–water partition coefficient (Wildman–Crippen LogP) is 7.62. The minimum atomic E-state index is -0.652. The molecule has 9 aliphatic rings. The fraction of sp³-hybridized carbons (Fsp3) is 0.800. The fourth-order valence-electron chi connectivity index (χ4n) is 12.0. The predicted molar refractivity (Wildman–Crippen MR) is 128 cm³/mol. The summed E-state index contributed by atoms with van der Waals surface area (Å²) in [6.45, 7) is 22.6. The molecule has 0 spiro atoms. The van der Waals surface area contributed by atoms with Gasteiger partial charge < -0.3 is 5.11 Å². The average molecular weight is 421 g/mol. The second-order valence-electron chi connectivity index (χ2n) is 14.5. The number of hydrogen-bond acceptors (Lipinski definition) is 1. The summed E-state index contributed by atoms with van der Waals surface area (Å²) in [5, 5.41) is 12.3. The molecule has 0 saturated heterocycles. The van der Waals surface area contributed by atoms with Crippen LogP contribution in [0.1, 0.15) is 101 Å². The number of rotatable bonds is 2. The zero-order chi connectivity index (χ0) is 22.7. The molecule has 0 radical (unpaired) electrons. The maximum absolute atomic E-state index is 12.3. The van der Waals surface area contributed by atoms with Crippen LogP contribution in [-0.4, -0.2) is 10.7 Å². The topological polar surface area (TPSA) is 20.2 Å². The molecule has 0 heterocycles. The first-order valence-electron chi connectivity index (χ1n) is 12.9. The van der Waals surface area contributed by atoms with E-state index in [2.05, 4.69) is 80.5 Å². The van der Waals surface area contributed by atoms with Crippen LogP contribution in [0.15, 0.2) is 34.9 Å². The number of fused-ring (bicyclic) bond motifs is 6. The molecule has 1 heteroatoms. The summed E-state index contributed by atoms with van der Waals surface area (Å²) in [4.78, 5) is 0. The minimum absolute atomic E-state index is 0.0610. The van der Waals surface area contributed by atoms with E-state index >= 15 is 0 Å². The van der Waals surface area contributed by atoms with Crippen LogP contribution in [0.2, 0.25) is 0 Å². The van der Waals surface area contributed by atoms with E-state index in [1.807, 2.05) is 0 Å². The molecule has 9 aliphatic carbocycles. The molecule has 170 valence electrons. The highest BCUT2D eigenvalue weighted by Gasteiger charge is 2.88. The summed E-state index contributed by atoms with van der Waals surface area (Å²) < 4.78 is 0. The van der Waals surface area contributed by atoms with Gasteiger partial charge in [0.2, 0.25) is 0 Å². The Labute approximate surface area is 190 Å². The first kappa shape index (κ1) is 20.8. The molecule has 6 bridgehead atoms. The van der Waals surface area contributed by atoms with Crippen LogP contribution < -0.4 is 0 Å². The third-order valence-corrected chi connectivity index (χ3v) is 13.7. The van der Waals surface area contributed by atoms with Gasteiger partial charge in [0.1, 0.15) is 0 Å². The third kappa shape index (κ3) is 1.54. The standard InChI is InChI=1S/C30H44O/c1-19-10-11-20-16-28(19,23(20,2)3)26(8)14-12-21-17-29(26,24(21,4)5)30-18-22(25(30,6)7)13-15-27(30,9)31/h11-13,19,31H,10,14-18H2,1-9H3. The highest BCUT2D eigenvalue weighted by atomic mass is 16.3. The van der Waals surface area contributed by atoms with Gasteiger partial charge in [-0.15, -0.1) is 0 Å². The highest BCUT2D eigenvalue weighted by Crippen LogP contribution is 2.93. The third-order valence-electron chi connectivity index (χ3n) is 13.7. The summed E-state index contributed by atoms with van der Waals surface area (Å²) in [7, 11) is 0. The van der Waals surface area contributed by atoms with Crippen molar-refractivity contribution in [2.45, 2.75) is 106 Å². The Balaban J connectivity index is 1.67. The van der Waals surface area contributed by atoms with Crippen molar-refractivity contribution in [2.75, 3.05) is 0 Å². The first-order chi connectivity index (χ1) is 14.1. The first-order valence-corrected chi connectivity index (χ1v) is 12.9. The maximum atomic E-state index is 12.3. The zero-order valence-electron chi connectivity index (χ0n) is 21.5. The molecule has 1 nitrogen and oxygen atoms in total. The molecular weight excluding hydrogens is 376 g/mol. The quantitative estimate of drug-likeness (QED) is 0.456. The SMILES string of the molecule is CC1CC=C2CC1(C1(C)CC=C3CC1(C14CC(=CCC1(C)O)C4(C)C)C3(C)C)C2(C)C. The molecule has 6 atom stereocenters. The number of allylic oxidation sites excluding steroid dienone is 5. The Bertz CT molecular complexity index is 999. The Hall–Kier alpha value is -0.820. The van der Waals surface area contributed by atoms with Crippen molar-refractivity contribution in [1.82, 2.24) is 0 Å². The van der Waals surface area contributed by atoms with Crippen LogP contribution in [0.5, 0.6) is 0 Å². The van der Waals surface area contributed by atoms with Crippen LogP contribution >= 0.6 is 0 Å². The van der Waals surface area contributed by atoms with Crippen molar-refractivity contribution in [1.29, 1.82) is 0 Å². The van der Waals surface area contributed by atoms with Crippen LogP contribution in [0.4, 0.5) is 0 Å². The summed E-state index contributed by atoms with van der Waals surface area (Å²) >= 11 is 0. The molecule has 0 aromatic heterocycles. The van der Waals surface area contributed by atoms with Gasteiger partial charge in [0, 0.05) is 5.41 Å². The maximum Gasteiger partial charge on any atom is 0.0727 e. The minimum Gasteiger partial charge on any atom is -0.389 e. The Kier molecular flexibility index (Phi) is 3.34. The monoisotopic (exact) mass is 420 g/mol. The molecule has 0 amide bonds. The van der Waals surface area contributed by atoms with Gasteiger partial charge in [-0.1, -0.05) is 90.3 Å². The van der Waals surface area contributed by atoms with E-state index < -0.39 is 5.60 Å². The van der Waals surface area contributed by atoms with E-state index in [-0.39, 0.29) is 32.5 Å². The lowest BCUT2D eigenvalue weighted by Crippen LogP contribution is -2.85. The van der Waals surface area contributed by atoms with Crippen molar-refractivity contribution >= 4 is 0 Å². The second-order valence-corrected chi connectivity index (χ2v) is 14.5. The molecule has 31 heavy (non-hydrogen) atoms. The second kappa shape index (κ2) is 4.98. The van der Waals surface area contributed by atoms with Gasteiger partial charge in [0.25, 0.3) is 0 Å². The zero-order valence-corrected chi connectivity index (χ0v) is 21.5. The van der Waals surface area contributed by atoms with Gasteiger partial charge in [-0.2, -0.15) is 0 Å². The van der Waals surface area contributed by atoms with E-state index in [4.69, 9.17) is 0 Å². The van der Waals surface area contributed by atoms with Gasteiger partial charge in [0.05, 0.1) is 5.60 Å². The highest BCUT2D eigenvalue weighted by molar-refractivity contribution is 5.53. The van der Waals surface area contributed by atoms with Gasteiger partial charge in [-0.25, -0.2) is 0 Å². The van der Waals surface area contributed by atoms with Crippen molar-refractivity contribution < 1.29 is 5.11 Å². The molecule has 6 unspecified atom stereocenters. The Morgan fingerprint density at radius 1 is 0.677 bits per heavy atom. The van der Waals surface area contributed by atoms with E-state index in [1.54, 1.807) is 16.7 Å². The lowest BCUT2D eigenvalue weighted by Gasteiger charge is -2.89. The van der Waals surface area contributed by atoms with Crippen molar-refractivity contribution in [2.24, 2.45) is 43.8 Å². The van der Waals surface area contributed by atoms with E-state index in [9.17, 15) is 5.11 Å². The van der Waals surface area contributed by atoms with E-state index in [1.165, 1.54) is 25.7 Å². The summed E-state index contributed by atoms with van der Waals surface area (Å²) in [5.74, 6) is 0.691. The van der Waals surface area contributed by atoms with Crippen LogP contribution in [0.3, 0.4) is 0 Å². The van der Waals surface area contributed by atoms with Gasteiger partial charge in [0.15, 0.2) is 0 Å². The summed E-state index contributed by atoms with van der Waals surface area (Å²) in [5.41, 5.74) is 5.34. The molecule has 9 rings (SSSR count). The molecule has 3 saturated carbocycles. The van der Waals surface area contributed by atoms with Crippen molar-refractivity contribution in [3.63, 3.8) is 0 Å². The molecule has 0 aromatic carbocycles. The largest absolute Gasteiger partial charge is 0.389 e. The summed E-state index contributed by atoms with van der Waals surface area (Å²) in [6, 6.07) is 0. The van der Waals surface area contributed by atoms with Crippen molar-refractivity contribution in [3.8, 4) is 0 Å². The molecular formula is C30H44O. The molecule has 3 fully saturated rings. The molecule has 0 aromatic rings. The van der Waals surface area contributed by atoms with E-state index in [0.29, 0.717) is 11.3 Å². The van der Waals surface area contributed by atoms with Crippen LogP contribution in [0.25, 0.3) is 0 Å². The van der Waals surface area contributed by atoms with Crippen molar-refractivity contribution in [3.05, 3.63) is 34.9 Å². The van der Waals surface area contributed by atoms with Crippen LogP contribution in [0, 0.1) is 43.8 Å². The Morgan fingerprint density at radius 3 is 1.68 bits per heavy atom. The lowest BCUT2D eigenvalue weighted by atomic mass is 9.14. The smallest absolute Gasteiger partial charge is 0.0727 e. The fourth-order valence-corrected chi connectivity index (χ4v) is 12.0.